The van der Waals surface area contributed by atoms with E-state index in [0.717, 1.165) is 25.2 Å². The first-order chi connectivity index (χ1) is 53.8. The van der Waals surface area contributed by atoms with Crippen LogP contribution in [0, 0.1) is 36.0 Å². The van der Waals surface area contributed by atoms with Crippen molar-refractivity contribution in [3.63, 3.8) is 0 Å². The molecule has 3 aliphatic carbocycles. The van der Waals surface area contributed by atoms with Crippen LogP contribution in [0.1, 0.15) is 152 Å². The molecule has 0 unspecified atom stereocenters. The number of imidazole rings is 1. The first-order valence-corrected chi connectivity index (χ1v) is 38.3. The summed E-state index contributed by atoms with van der Waals surface area (Å²) in [5.41, 5.74) is 24.5. The van der Waals surface area contributed by atoms with Crippen LogP contribution in [0.5, 0.6) is 11.5 Å². The third kappa shape index (κ3) is 24.1. The van der Waals surface area contributed by atoms with Crippen molar-refractivity contribution in [1.29, 1.82) is 0 Å². The number of rotatable bonds is 31. The second-order valence-electron chi connectivity index (χ2n) is 31.1. The first-order valence-electron chi connectivity index (χ1n) is 38.3. The molecular formula is C79H110N18O16. The molecule has 113 heavy (non-hydrogen) atoms. The lowest BCUT2D eigenvalue weighted by atomic mass is 9.55. The lowest BCUT2D eigenvalue weighted by molar-refractivity contribution is -0.142. The van der Waals surface area contributed by atoms with Gasteiger partial charge >= 0.3 is 6.03 Å². The summed E-state index contributed by atoms with van der Waals surface area (Å²) in [4.78, 5) is 167. The van der Waals surface area contributed by atoms with Crippen LogP contribution in [0.15, 0.2) is 90.4 Å². The molecule has 2 aromatic heterocycles. The highest BCUT2D eigenvalue weighted by molar-refractivity contribution is 6.00. The predicted molar refractivity (Wildman–Crippen MR) is 417 cm³/mol. The molecule has 12 amide bonds. The highest BCUT2D eigenvalue weighted by atomic mass is 16.5. The van der Waals surface area contributed by atoms with Gasteiger partial charge < -0.3 is 99.8 Å². The Morgan fingerprint density at radius 3 is 1.98 bits per heavy atom. The van der Waals surface area contributed by atoms with Gasteiger partial charge in [0.15, 0.2) is 5.96 Å². The van der Waals surface area contributed by atoms with Gasteiger partial charge in [0.05, 0.1) is 31.2 Å². The lowest BCUT2D eigenvalue weighted by Crippen LogP contribution is -2.62. The molecule has 0 spiro atoms. The highest BCUT2D eigenvalue weighted by Gasteiger charge is 2.54. The van der Waals surface area contributed by atoms with E-state index >= 15 is 0 Å². The van der Waals surface area contributed by atoms with Crippen LogP contribution in [0.2, 0.25) is 0 Å². The molecule has 14 atom stereocenters. The summed E-state index contributed by atoms with van der Waals surface area (Å²) in [5.74, 6) is -6.09. The summed E-state index contributed by atoms with van der Waals surface area (Å²) in [7, 11) is 0. The molecule has 34 heteroatoms. The van der Waals surface area contributed by atoms with Crippen molar-refractivity contribution in [2.75, 3.05) is 26.3 Å². The number of hydrazine groups is 1. The number of urea groups is 1. The number of amides is 12. The fourth-order valence-corrected chi connectivity index (χ4v) is 15.8. The molecule has 0 radical (unpaired) electrons. The highest BCUT2D eigenvalue weighted by Crippen LogP contribution is 2.61. The van der Waals surface area contributed by atoms with Crippen molar-refractivity contribution in [3.8, 4) is 24.3 Å². The number of nitrogens with two attached hydrogens (primary N) is 3. The number of aliphatic imine (C=N–C) groups is 1. The van der Waals surface area contributed by atoms with Gasteiger partial charge in [-0.05, 0) is 179 Å². The number of aromatic amines is 2. The fourth-order valence-electron chi connectivity index (χ4n) is 15.8. The number of carbonyl (C=O) groups excluding carboxylic acids is 11. The summed E-state index contributed by atoms with van der Waals surface area (Å²) in [5, 5.41) is 62.8. The van der Waals surface area contributed by atoms with E-state index in [4.69, 9.17) is 21.9 Å². The van der Waals surface area contributed by atoms with E-state index in [1.165, 1.54) is 72.1 Å². The molecule has 3 aromatic carbocycles. The summed E-state index contributed by atoms with van der Waals surface area (Å²) < 4.78 is 6.03. The van der Waals surface area contributed by atoms with Gasteiger partial charge in [-0.15, -0.1) is 12.8 Å². The van der Waals surface area contributed by atoms with E-state index in [0.29, 0.717) is 51.7 Å². The number of hydrogen-bond acceptors (Lipinski definition) is 18. The molecule has 5 aromatic rings. The minimum absolute atomic E-state index is 0.00453. The van der Waals surface area contributed by atoms with E-state index in [1.54, 1.807) is 65.1 Å². The summed E-state index contributed by atoms with van der Waals surface area (Å²) in [6.07, 6.45) is 19.7. The third-order valence-corrected chi connectivity index (χ3v) is 21.5. The number of hydrogen-bond donors (Lipinski definition) is 19. The number of phenols is 2. The maximum atomic E-state index is 14.8. The van der Waals surface area contributed by atoms with Gasteiger partial charge in [0.25, 0.3) is 5.91 Å². The number of H-pyrrole nitrogens is 2. The SMILES string of the molecule is C#C.CC(C)C[C@@H](NC(=O)[C@@H](COC(C)(C)C)NC(=O)[C@@H](Cc1ccc(O)cc1)NC(=O)[C@@H](CO)NC(=O)[C@H](Cc1c[nH]c2ccccc12)NC(=O)[C@H](Cc1cnc[nH]1)NC(=O)[C@H]1CCC(=O)N1)C(=O)N[C@H](CCCN=C(N)N)C(=O)N1CCC[C@H]1C(=O)NNC(N)=O.C[C@]12CC[C@@H]3c4ccc(O)cc4CC[C@H]3[C@@H]1CC[C@@H]2O. The number of nitrogens with zero attached hydrogens (tertiary/aromatic N) is 3. The average molecular weight is 1570 g/mol. The molecule has 2 saturated heterocycles. The van der Waals surface area contributed by atoms with Crippen molar-refractivity contribution in [2.24, 2.45) is 45.4 Å². The predicted octanol–water partition coefficient (Wildman–Crippen LogP) is 0.753. The smallest absolute Gasteiger partial charge is 0.330 e. The van der Waals surface area contributed by atoms with Crippen LogP contribution in [0.3, 0.4) is 0 Å². The van der Waals surface area contributed by atoms with E-state index in [9.17, 15) is 73.2 Å². The number of primary amides is 1. The molecule has 10 rings (SSSR count). The Labute approximate surface area is 656 Å². The molecule has 4 heterocycles. The Kier molecular flexibility index (Phi) is 31.1. The quantitative estimate of drug-likeness (QED) is 0.00957. The number of aromatic nitrogens is 3. The van der Waals surface area contributed by atoms with Crippen LogP contribution >= 0.6 is 0 Å². The number of para-hydroxylation sites is 1. The monoisotopic (exact) mass is 1570 g/mol. The number of benzene rings is 3. The third-order valence-electron chi connectivity index (χ3n) is 21.5. The Morgan fingerprint density at radius 1 is 0.708 bits per heavy atom. The van der Waals surface area contributed by atoms with E-state index in [2.05, 4.69) is 93.7 Å². The van der Waals surface area contributed by atoms with Gasteiger partial charge in [-0.3, -0.25) is 58.4 Å². The molecule has 2 aliphatic heterocycles. The van der Waals surface area contributed by atoms with Crippen LogP contribution < -0.4 is 70.6 Å². The number of guanidine groups is 1. The molecule has 2 saturated carbocycles. The van der Waals surface area contributed by atoms with Crippen LogP contribution in [0.25, 0.3) is 10.9 Å². The lowest BCUT2D eigenvalue weighted by Gasteiger charge is -2.50. The number of likely N-dealkylation sites (tertiary alicyclic amines) is 1. The molecule has 612 valence electrons. The number of phenolic OH excluding ortho intramolecular Hbond substituents is 2. The van der Waals surface area contributed by atoms with Gasteiger partial charge in [0, 0.05) is 67.8 Å². The Hall–Kier alpha value is -11.3. The van der Waals surface area contributed by atoms with Crippen molar-refractivity contribution < 1.29 is 77.9 Å². The number of aliphatic hydroxyl groups excluding tert-OH is 2. The molecule has 22 N–H and O–H groups in total. The van der Waals surface area contributed by atoms with Gasteiger partial charge in [-0.25, -0.2) is 15.2 Å². The normalized spacial score (nSPS) is 21.2. The number of aryl methyl sites for hydroxylation is 1. The summed E-state index contributed by atoms with van der Waals surface area (Å²) in [6, 6.07) is 5.24. The van der Waals surface area contributed by atoms with Gasteiger partial charge in [-0.2, -0.15) is 0 Å². The summed E-state index contributed by atoms with van der Waals surface area (Å²) >= 11 is 0. The van der Waals surface area contributed by atoms with E-state index < -0.39 is 132 Å². The van der Waals surface area contributed by atoms with Gasteiger partial charge in [0.1, 0.15) is 65.9 Å². The minimum atomic E-state index is -1.80. The topological polar surface area (TPSA) is 536 Å². The number of aliphatic hydroxyl groups is 2. The number of terminal acetylenes is 1. The van der Waals surface area contributed by atoms with Crippen LogP contribution in [-0.2, 0) is 78.4 Å². The number of ether oxygens (including phenoxy) is 1. The maximum absolute atomic E-state index is 14.8. The number of nitrogens with one attached hydrogen (secondary N) is 12. The zero-order valence-corrected chi connectivity index (χ0v) is 64.7. The maximum Gasteiger partial charge on any atom is 0.330 e. The molecule has 5 aliphatic rings. The molecule has 34 nitrogen and oxygen atoms in total. The van der Waals surface area contributed by atoms with Crippen molar-refractivity contribution >= 4 is 82.0 Å². The Balaban J connectivity index is 0.000000616. The van der Waals surface area contributed by atoms with Crippen molar-refractivity contribution in [1.82, 2.24) is 73.2 Å². The Morgan fingerprint density at radius 2 is 1.34 bits per heavy atom. The average Bonchev–Trinajstić information content (AvgIpc) is 1.70. The molecule has 4 fully saturated rings. The van der Waals surface area contributed by atoms with Crippen molar-refractivity contribution in [3.05, 3.63) is 113 Å². The second kappa shape index (κ2) is 40.2. The minimum Gasteiger partial charge on any atom is -0.508 e. The zero-order chi connectivity index (χ0) is 82.4. The fraction of sp³-hybridized carbons (Fsp3) is 0.532. The number of carbonyl (C=O) groups is 11. The Bertz CT molecular complexity index is 4200. The van der Waals surface area contributed by atoms with E-state index in [1.807, 2.05) is 17.6 Å². The number of fused-ring (bicyclic) bond motifs is 6. The first kappa shape index (κ1) is 87.3. The second-order valence-corrected chi connectivity index (χ2v) is 31.1. The van der Waals surface area contributed by atoms with Gasteiger partial charge in [0.2, 0.25) is 53.2 Å². The van der Waals surface area contributed by atoms with Gasteiger partial charge in [-0.1, -0.05) is 57.2 Å². The zero-order valence-electron chi connectivity index (χ0n) is 64.7. The van der Waals surface area contributed by atoms with Crippen LogP contribution in [-0.4, -0.2) is 204 Å². The van der Waals surface area contributed by atoms with Crippen LogP contribution in [0.4, 0.5) is 4.79 Å². The number of aromatic hydroxyl groups is 2. The largest absolute Gasteiger partial charge is 0.508 e. The molecular weight excluding hydrogens is 1460 g/mol. The summed E-state index contributed by atoms with van der Waals surface area (Å²) in [6.45, 7) is 9.60. The van der Waals surface area contributed by atoms with Crippen molar-refractivity contribution in [2.45, 2.75) is 216 Å². The standard InChI is InChI=1S/C59H84N18O14.C18H24O2.C2H2/c1-31(2)22-40(49(82)68-39(12-8-20-64-57(60)61)56(89)77-21-9-13-46(77)55(88)75-76-58(62)90)69-54(87)45(29-91-59(3,4)5)74-50(83)41(23-32-14-16-35(79)17-15-32)70-53(86)44(28-78)73-51(84)42(24-33-26-65-37-11-7-6-10-36(33)37)71-52(85)43(25-34-27-63-30-66-34)72-48(81)38-18-19-47(80)67-38;1-18-9-8-14-13-5-3-12(19)10-11(13)2-4-15(14)16(18)6-7-17(18)20;1-2/h6-7,10-11,14-17,26-27,30-31,38-46,65,78-79H,8-9,12-13,18-25,28-29H2,1-5H3,(H,63,66)(H,67,80)(H,68,82)(H,69,87)(H,70,86)(H,71,85)(H,72,81)(H,73,84)(H,74,83)(H,75,88)(H4,60,61,64)(H3,62,76,90);3,5,10,14-17,19-20H,2,4,6-9H2,1H3;1-2H/t38-,39-,40-,41-,42+,43+,44-,45-,46+;14-,15-,16+,17+,18+;/m11./s1. The van der Waals surface area contributed by atoms with E-state index in [-0.39, 0.29) is 106 Å². The molecule has 0 bridgehead atoms.